The molecule has 0 spiro atoms. The number of ether oxygens (including phenoxy) is 1. The summed E-state index contributed by atoms with van der Waals surface area (Å²) in [5.41, 5.74) is -0.255. The van der Waals surface area contributed by atoms with Crippen LogP contribution in [-0.4, -0.2) is 15.9 Å². The van der Waals surface area contributed by atoms with Crippen LogP contribution in [0.2, 0.25) is 5.02 Å². The standard InChI is InChI=1S/C16H9ClF2N2O3/c17-10-6-12(19)11(18)5-9(10)16(23)24-7-14-20-13-4-2-1-3-8(13)15(22)21-14/h1-6H,7H2,(H,20,21,22). The van der Waals surface area contributed by atoms with Crippen LogP contribution >= 0.6 is 11.6 Å². The minimum absolute atomic E-state index is 0.116. The van der Waals surface area contributed by atoms with E-state index in [0.717, 1.165) is 0 Å². The summed E-state index contributed by atoms with van der Waals surface area (Å²) in [7, 11) is 0. The lowest BCUT2D eigenvalue weighted by atomic mass is 10.2. The number of nitrogens with one attached hydrogen (secondary N) is 1. The molecule has 122 valence electrons. The zero-order valence-corrected chi connectivity index (χ0v) is 12.7. The fourth-order valence-corrected chi connectivity index (χ4v) is 2.32. The van der Waals surface area contributed by atoms with Crippen LogP contribution < -0.4 is 5.56 Å². The fourth-order valence-electron chi connectivity index (χ4n) is 2.09. The van der Waals surface area contributed by atoms with Gasteiger partial charge in [-0.1, -0.05) is 23.7 Å². The van der Waals surface area contributed by atoms with E-state index in [9.17, 15) is 18.4 Å². The molecule has 3 rings (SSSR count). The molecule has 8 heteroatoms. The molecule has 0 unspecified atom stereocenters. The molecule has 5 nitrogen and oxygen atoms in total. The van der Waals surface area contributed by atoms with Crippen molar-refractivity contribution in [1.29, 1.82) is 0 Å². The number of halogens is 3. The lowest BCUT2D eigenvalue weighted by Crippen LogP contribution is -2.14. The van der Waals surface area contributed by atoms with Gasteiger partial charge in [-0.3, -0.25) is 4.79 Å². The number of rotatable bonds is 3. The van der Waals surface area contributed by atoms with E-state index in [2.05, 4.69) is 9.97 Å². The fraction of sp³-hybridized carbons (Fsp3) is 0.0625. The summed E-state index contributed by atoms with van der Waals surface area (Å²) in [5.74, 6) is -3.24. The van der Waals surface area contributed by atoms with Crippen molar-refractivity contribution < 1.29 is 18.3 Å². The highest BCUT2D eigenvalue weighted by Crippen LogP contribution is 2.21. The van der Waals surface area contributed by atoms with Gasteiger partial charge in [0.25, 0.3) is 5.56 Å². The van der Waals surface area contributed by atoms with Gasteiger partial charge in [-0.2, -0.15) is 0 Å². The number of carbonyl (C=O) groups is 1. The Morgan fingerprint density at radius 3 is 2.71 bits per heavy atom. The van der Waals surface area contributed by atoms with Crippen LogP contribution in [0, 0.1) is 11.6 Å². The Balaban J connectivity index is 1.82. The summed E-state index contributed by atoms with van der Waals surface area (Å²) in [6, 6.07) is 8.00. The van der Waals surface area contributed by atoms with Gasteiger partial charge >= 0.3 is 5.97 Å². The van der Waals surface area contributed by atoms with E-state index in [4.69, 9.17) is 16.3 Å². The number of hydrogen-bond donors (Lipinski definition) is 1. The molecule has 0 aliphatic rings. The molecule has 0 fully saturated rings. The SMILES string of the molecule is O=C(OCc1nc2ccccc2c(=O)[nH]1)c1cc(F)c(F)cc1Cl. The number of para-hydroxylation sites is 1. The van der Waals surface area contributed by atoms with Gasteiger partial charge in [0.2, 0.25) is 0 Å². The molecule has 1 aromatic heterocycles. The highest BCUT2D eigenvalue weighted by Gasteiger charge is 2.17. The number of esters is 1. The van der Waals surface area contributed by atoms with E-state index in [1.54, 1.807) is 24.3 Å². The van der Waals surface area contributed by atoms with Crippen LogP contribution in [0.1, 0.15) is 16.2 Å². The van der Waals surface area contributed by atoms with Crippen molar-refractivity contribution in [3.05, 3.63) is 74.8 Å². The molecule has 0 aliphatic heterocycles. The summed E-state index contributed by atoms with van der Waals surface area (Å²) in [5, 5.41) is 0.120. The summed E-state index contributed by atoms with van der Waals surface area (Å²) in [6.45, 7) is -0.353. The molecule has 3 aromatic rings. The molecule has 1 heterocycles. The van der Waals surface area contributed by atoms with E-state index in [0.29, 0.717) is 23.0 Å². The van der Waals surface area contributed by atoms with Crippen molar-refractivity contribution >= 4 is 28.5 Å². The molecule has 0 bridgehead atoms. The average Bonchev–Trinajstić information content (AvgIpc) is 2.56. The van der Waals surface area contributed by atoms with E-state index in [-0.39, 0.29) is 28.6 Å². The van der Waals surface area contributed by atoms with Gasteiger partial charge in [-0.15, -0.1) is 0 Å². The van der Waals surface area contributed by atoms with Gasteiger partial charge < -0.3 is 9.72 Å². The van der Waals surface area contributed by atoms with Crippen LogP contribution in [0.4, 0.5) is 8.78 Å². The molecule has 0 atom stereocenters. The molecule has 0 saturated heterocycles. The first-order chi connectivity index (χ1) is 11.5. The topological polar surface area (TPSA) is 72.0 Å². The molecule has 0 radical (unpaired) electrons. The second-order valence-electron chi connectivity index (χ2n) is 4.85. The predicted molar refractivity (Wildman–Crippen MR) is 82.9 cm³/mol. The molecule has 1 N–H and O–H groups in total. The summed E-state index contributed by atoms with van der Waals surface area (Å²) in [4.78, 5) is 30.5. The van der Waals surface area contributed by atoms with Crippen molar-refractivity contribution in [3.8, 4) is 0 Å². The first-order valence-electron chi connectivity index (χ1n) is 6.75. The quantitative estimate of drug-likeness (QED) is 0.581. The van der Waals surface area contributed by atoms with Crippen LogP contribution in [0.3, 0.4) is 0 Å². The monoisotopic (exact) mass is 350 g/mol. The van der Waals surface area contributed by atoms with Crippen LogP contribution in [0.15, 0.2) is 41.2 Å². The second-order valence-corrected chi connectivity index (χ2v) is 5.26. The highest BCUT2D eigenvalue weighted by atomic mass is 35.5. The Morgan fingerprint density at radius 2 is 1.92 bits per heavy atom. The molecule has 0 aliphatic carbocycles. The van der Waals surface area contributed by atoms with Crippen LogP contribution in [-0.2, 0) is 11.3 Å². The highest BCUT2D eigenvalue weighted by molar-refractivity contribution is 6.33. The number of nitrogens with zero attached hydrogens (tertiary/aromatic N) is 1. The van der Waals surface area contributed by atoms with Crippen LogP contribution in [0.5, 0.6) is 0 Å². The maximum absolute atomic E-state index is 13.2. The maximum Gasteiger partial charge on any atom is 0.340 e. The normalized spacial score (nSPS) is 10.8. The van der Waals surface area contributed by atoms with Gasteiger partial charge in [-0.05, 0) is 24.3 Å². The number of aromatic nitrogens is 2. The molecule has 2 aromatic carbocycles. The molecule has 24 heavy (non-hydrogen) atoms. The van der Waals surface area contributed by atoms with Crippen LogP contribution in [0.25, 0.3) is 10.9 Å². The third-order valence-electron chi connectivity index (χ3n) is 3.23. The molecular formula is C16H9ClF2N2O3. The smallest absolute Gasteiger partial charge is 0.340 e. The molecule has 0 amide bonds. The summed E-state index contributed by atoms with van der Waals surface area (Å²) in [6.07, 6.45) is 0. The van der Waals surface area contributed by atoms with Gasteiger partial charge in [0.1, 0.15) is 12.4 Å². The Bertz CT molecular complexity index is 1000. The number of hydrogen-bond acceptors (Lipinski definition) is 4. The second kappa shape index (κ2) is 6.37. The largest absolute Gasteiger partial charge is 0.454 e. The Labute approximate surface area is 138 Å². The first-order valence-corrected chi connectivity index (χ1v) is 7.13. The first kappa shape index (κ1) is 16.1. The lowest BCUT2D eigenvalue weighted by Gasteiger charge is -2.07. The zero-order valence-electron chi connectivity index (χ0n) is 12.0. The van der Waals surface area contributed by atoms with E-state index in [1.165, 1.54) is 0 Å². The van der Waals surface area contributed by atoms with Crippen molar-refractivity contribution in [2.24, 2.45) is 0 Å². The number of fused-ring (bicyclic) bond motifs is 1. The molecule has 0 saturated carbocycles. The number of benzene rings is 2. The van der Waals surface area contributed by atoms with Crippen molar-refractivity contribution in [1.82, 2.24) is 9.97 Å². The lowest BCUT2D eigenvalue weighted by molar-refractivity contribution is 0.0462. The Hall–Kier alpha value is -2.80. The third-order valence-corrected chi connectivity index (χ3v) is 3.54. The third kappa shape index (κ3) is 3.11. The minimum atomic E-state index is -1.22. The van der Waals surface area contributed by atoms with E-state index in [1.807, 2.05) is 0 Å². The van der Waals surface area contributed by atoms with Crippen molar-refractivity contribution in [3.63, 3.8) is 0 Å². The Morgan fingerprint density at radius 1 is 1.21 bits per heavy atom. The van der Waals surface area contributed by atoms with Crippen molar-refractivity contribution in [2.75, 3.05) is 0 Å². The van der Waals surface area contributed by atoms with E-state index < -0.39 is 17.6 Å². The van der Waals surface area contributed by atoms with E-state index >= 15 is 0 Å². The number of aromatic amines is 1. The minimum Gasteiger partial charge on any atom is -0.454 e. The number of H-pyrrole nitrogens is 1. The summed E-state index contributed by atoms with van der Waals surface area (Å²) < 4.78 is 31.2. The molecular weight excluding hydrogens is 342 g/mol. The number of carbonyl (C=O) groups excluding carboxylic acids is 1. The van der Waals surface area contributed by atoms with Gasteiger partial charge in [-0.25, -0.2) is 18.6 Å². The van der Waals surface area contributed by atoms with Gasteiger partial charge in [0, 0.05) is 0 Å². The Kier molecular flexibility index (Phi) is 4.26. The average molecular weight is 351 g/mol. The predicted octanol–water partition coefficient (Wildman–Crippen LogP) is 3.21. The summed E-state index contributed by atoms with van der Waals surface area (Å²) >= 11 is 5.70. The van der Waals surface area contributed by atoms with Gasteiger partial charge in [0.05, 0.1) is 21.5 Å². The zero-order chi connectivity index (χ0) is 17.3. The maximum atomic E-state index is 13.2. The van der Waals surface area contributed by atoms with Gasteiger partial charge in [0.15, 0.2) is 11.6 Å². The van der Waals surface area contributed by atoms with Crippen molar-refractivity contribution in [2.45, 2.75) is 6.61 Å².